The van der Waals surface area contributed by atoms with Crippen LogP contribution in [-0.4, -0.2) is 51.9 Å². The summed E-state index contributed by atoms with van der Waals surface area (Å²) in [6.45, 7) is 28.8. The fourth-order valence-corrected chi connectivity index (χ4v) is 20.1. The van der Waals surface area contributed by atoms with Crippen molar-refractivity contribution in [2.24, 2.45) is 14.1 Å². The van der Waals surface area contributed by atoms with Gasteiger partial charge < -0.3 is 42.8 Å². The van der Waals surface area contributed by atoms with Crippen LogP contribution in [0, 0.1) is 39.8 Å². The second-order valence-corrected chi connectivity index (χ2v) is 40.0. The van der Waals surface area contributed by atoms with Crippen molar-refractivity contribution in [1.29, 1.82) is 0 Å². The minimum Gasteiger partial charge on any atom is -1.00 e. The van der Waals surface area contributed by atoms with E-state index in [0.717, 1.165) is 162 Å². The first-order valence-electron chi connectivity index (χ1n) is 48.1. The summed E-state index contributed by atoms with van der Waals surface area (Å²) in [5.74, 6) is 6.94. The molecule has 0 spiro atoms. The molecular weight excluding hydrogens is 2050 g/mol. The van der Waals surface area contributed by atoms with Crippen molar-refractivity contribution in [1.82, 2.24) is 51.9 Å². The molecule has 9 aromatic heterocycles. The molecular formula is C126H108IN12O3Pt-. The molecule has 0 aliphatic heterocycles. The quantitative estimate of drug-likeness (QED) is 0.0570. The average Bonchev–Trinajstić information content (AvgIpc) is 1.59. The Kier molecular flexibility index (Phi) is 25.5. The second-order valence-electron chi connectivity index (χ2n) is 40.0. The summed E-state index contributed by atoms with van der Waals surface area (Å²) < 4.78 is 37.8. The molecule has 0 unspecified atom stereocenters. The van der Waals surface area contributed by atoms with Crippen LogP contribution in [0.5, 0.6) is 34.5 Å². The molecule has 0 fully saturated rings. The molecule has 0 aliphatic carbocycles. The van der Waals surface area contributed by atoms with Crippen LogP contribution in [0.15, 0.2) is 383 Å². The molecule has 24 aromatic rings. The number of nitrogens with zero attached hydrogens (tertiary/aromatic N) is 12. The molecule has 0 amide bonds. The maximum Gasteiger partial charge on any atom is 0.249 e. The molecule has 15 aromatic carbocycles. The number of fused-ring (bicyclic) bond motifs is 12. The number of pyridine rings is 3. The number of para-hydroxylation sites is 9. The molecule has 0 atom stereocenters. The average molecular weight is 2160 g/mol. The van der Waals surface area contributed by atoms with Crippen molar-refractivity contribution in [3.05, 3.63) is 434 Å². The third-order valence-electron chi connectivity index (χ3n) is 27.2. The van der Waals surface area contributed by atoms with Gasteiger partial charge in [0.15, 0.2) is 28.4 Å². The van der Waals surface area contributed by atoms with Crippen LogP contribution in [0.1, 0.15) is 101 Å². The molecule has 708 valence electrons. The SMILES string of the molecule is CC(C)(C)c1ccnc(-n2c3ccccc3c3ccc(Oc4cc(-c5ccccc5)cc(-n5cnc6ccccc65)c4)cc32)c1.Cc1cccc(C)c1-c1cc(Oc2[c-]c3c(cc2)c2ccccc2n3-c2cc(C(C)(C)C)ccn2)[c-]c(-n2[cH+]n(C)c3ccccc32)c1.Cc1cccc(C)c1-c1cc(Oc2ccc3c4ccccc4n(-c4cc(C(C)(C)C)ccn4)c3c2)cc(-n2c[n+](C)c3ccccc32)c1.[I-].[Pt]. The van der Waals surface area contributed by atoms with Gasteiger partial charge in [-0.25, -0.2) is 33.6 Å². The monoisotopic (exact) mass is 2160 g/mol. The van der Waals surface area contributed by atoms with E-state index in [9.17, 15) is 0 Å². The first kappa shape index (κ1) is 94.9. The Labute approximate surface area is 864 Å². The summed E-state index contributed by atoms with van der Waals surface area (Å²) in [5, 5.41) is 6.94. The largest absolute Gasteiger partial charge is 1.00 e. The third-order valence-corrected chi connectivity index (χ3v) is 27.2. The number of imidazole rings is 3. The van der Waals surface area contributed by atoms with Crippen LogP contribution in [0.4, 0.5) is 0 Å². The molecule has 0 saturated carbocycles. The zero-order chi connectivity index (χ0) is 96.9. The summed E-state index contributed by atoms with van der Waals surface area (Å²) in [6, 6.07) is 128. The molecule has 17 heteroatoms. The van der Waals surface area contributed by atoms with E-state index < -0.39 is 0 Å². The number of rotatable bonds is 15. The van der Waals surface area contributed by atoms with Crippen LogP contribution in [-0.2, 0) is 51.4 Å². The molecule has 15 nitrogen and oxygen atoms in total. The molecule has 143 heavy (non-hydrogen) atoms. The molecule has 24 rings (SSSR count). The van der Waals surface area contributed by atoms with Gasteiger partial charge in [-0.15, -0.1) is 29.1 Å². The number of halogens is 1. The topological polar surface area (TPSA) is 118 Å². The van der Waals surface area contributed by atoms with Gasteiger partial charge in [-0.2, -0.15) is 10.6 Å². The standard InChI is InChI=1S/C43H39N4O.C43H37N4O.C40H32N4O.HI.Pt/c2*1-28-12-11-13-29(2)42(28)30-22-32(46-27-45(6)38-16-9-10-17-39(38)46)25-34(23-30)48-33-18-19-36-35-14-7-8-15-37(35)47(40(36)26-33)41-24-31(20-21-44-41)43(3,4)5;1-40(2,3)29-19-20-41-39(23-29)44-36-15-9-7-13-33(36)34-18-17-31(25-38(34)44)45-32-22-28(27-11-5-4-6-12-27)21-30(24-32)43-26-42-35-14-8-10-16-37(35)43;;/h7-27H,1-6H3;7-24,27H,1-6H3;4-26H,1-3H3;1H;/q+1;-1;;;/p-1. The second kappa shape index (κ2) is 38.4. The first-order valence-corrected chi connectivity index (χ1v) is 48.1. The van der Waals surface area contributed by atoms with Gasteiger partial charge in [-0.3, -0.25) is 13.7 Å². The van der Waals surface area contributed by atoms with Gasteiger partial charge in [0.1, 0.15) is 52.5 Å². The van der Waals surface area contributed by atoms with Crippen molar-refractivity contribution in [3.8, 4) is 102 Å². The summed E-state index contributed by atoms with van der Waals surface area (Å²) in [5.41, 5.74) is 31.2. The Morgan fingerprint density at radius 3 is 1.30 bits per heavy atom. The zero-order valence-electron chi connectivity index (χ0n) is 82.7. The van der Waals surface area contributed by atoms with Gasteiger partial charge in [0.2, 0.25) is 6.33 Å². The van der Waals surface area contributed by atoms with E-state index in [1.54, 1.807) is 0 Å². The summed E-state index contributed by atoms with van der Waals surface area (Å²) in [4.78, 5) is 19.2. The molecule has 0 bridgehead atoms. The Balaban J connectivity index is 0.000000130. The number of benzene rings is 15. The van der Waals surface area contributed by atoms with E-state index >= 15 is 0 Å². The normalized spacial score (nSPS) is 11.8. The van der Waals surface area contributed by atoms with Crippen LogP contribution >= 0.6 is 0 Å². The van der Waals surface area contributed by atoms with Crippen LogP contribution in [0.25, 0.3) is 166 Å². The van der Waals surface area contributed by atoms with Crippen LogP contribution < -0.4 is 42.8 Å². The Bertz CT molecular complexity index is 8630. The summed E-state index contributed by atoms with van der Waals surface area (Å²) in [6.07, 6.45) is 11.8. The van der Waals surface area contributed by atoms with Gasteiger partial charge in [0.25, 0.3) is 0 Å². The third kappa shape index (κ3) is 18.4. The molecule has 9 heterocycles. The summed E-state index contributed by atoms with van der Waals surface area (Å²) >= 11 is 0. The number of ether oxygens (including phenoxy) is 3. The van der Waals surface area contributed by atoms with E-state index in [4.69, 9.17) is 29.2 Å². The van der Waals surface area contributed by atoms with Gasteiger partial charge in [0.05, 0.1) is 45.8 Å². The van der Waals surface area contributed by atoms with Gasteiger partial charge >= 0.3 is 0 Å². The number of aryl methyl sites for hydroxylation is 6. The molecule has 0 radical (unpaired) electrons. The predicted octanol–water partition coefficient (Wildman–Crippen LogP) is 28.3. The minimum absolute atomic E-state index is 0. The van der Waals surface area contributed by atoms with Crippen LogP contribution in [0.2, 0.25) is 0 Å². The fourth-order valence-electron chi connectivity index (χ4n) is 20.1. The van der Waals surface area contributed by atoms with Crippen molar-refractivity contribution >= 4 is 98.5 Å². The molecule has 0 N–H and O–H groups in total. The first-order chi connectivity index (χ1) is 68.2. The predicted molar refractivity (Wildman–Crippen MR) is 577 cm³/mol. The van der Waals surface area contributed by atoms with Gasteiger partial charge in [0, 0.05) is 127 Å². The summed E-state index contributed by atoms with van der Waals surface area (Å²) in [7, 11) is 4.16. The molecule has 0 saturated heterocycles. The van der Waals surface area contributed by atoms with E-state index in [-0.39, 0.29) is 61.3 Å². The van der Waals surface area contributed by atoms with E-state index in [2.05, 4.69) is 486 Å². The molecule has 0 aliphatic rings. The Morgan fingerprint density at radius 1 is 0.322 bits per heavy atom. The van der Waals surface area contributed by atoms with E-state index in [1.165, 1.54) is 66.4 Å². The van der Waals surface area contributed by atoms with E-state index in [0.29, 0.717) is 11.5 Å². The zero-order valence-corrected chi connectivity index (χ0v) is 87.1. The van der Waals surface area contributed by atoms with Crippen molar-refractivity contribution in [2.75, 3.05) is 0 Å². The maximum atomic E-state index is 6.82. The van der Waals surface area contributed by atoms with E-state index in [1.807, 2.05) is 55.2 Å². The fraction of sp³-hybridized carbons (Fsp3) is 0.143. The number of hydrogen-bond acceptors (Lipinski definition) is 7. The van der Waals surface area contributed by atoms with Crippen molar-refractivity contribution in [3.63, 3.8) is 0 Å². The van der Waals surface area contributed by atoms with Gasteiger partial charge in [-0.1, -0.05) is 226 Å². The van der Waals surface area contributed by atoms with Gasteiger partial charge in [-0.05, 0) is 256 Å². The number of hydrogen-bond donors (Lipinski definition) is 0. The Hall–Kier alpha value is -15.6. The van der Waals surface area contributed by atoms with Crippen molar-refractivity contribution in [2.45, 2.75) is 106 Å². The van der Waals surface area contributed by atoms with Crippen molar-refractivity contribution < 1.29 is 63.8 Å². The van der Waals surface area contributed by atoms with Crippen LogP contribution in [0.3, 0.4) is 0 Å². The Morgan fingerprint density at radius 2 is 0.755 bits per heavy atom. The smallest absolute Gasteiger partial charge is 0.249 e. The minimum atomic E-state index is -0.00938. The number of aromatic nitrogens is 12. The maximum absolute atomic E-state index is 6.82.